The molecule has 3 rings (SSSR count). The van der Waals surface area contributed by atoms with Crippen molar-refractivity contribution in [2.75, 3.05) is 19.8 Å². The van der Waals surface area contributed by atoms with Crippen molar-refractivity contribution in [3.05, 3.63) is 34.9 Å². The molecular weight excluding hydrogens is 294 g/mol. The molecule has 1 amide bonds. The number of likely N-dealkylation sites (tertiary alicyclic amines) is 1. The van der Waals surface area contributed by atoms with Crippen molar-refractivity contribution in [2.24, 2.45) is 5.92 Å². The van der Waals surface area contributed by atoms with Crippen LogP contribution >= 0.6 is 0 Å². The van der Waals surface area contributed by atoms with Crippen LogP contribution in [0.2, 0.25) is 0 Å². The molecular formula is C18H23NO4. The van der Waals surface area contributed by atoms with E-state index < -0.39 is 5.97 Å². The minimum Gasteiger partial charge on any atom is -0.478 e. The minimum absolute atomic E-state index is 0.0369. The molecule has 0 bridgehead atoms. The second-order valence-electron chi connectivity index (χ2n) is 6.55. The Bertz CT molecular complexity index is 607. The zero-order valence-corrected chi connectivity index (χ0v) is 13.5. The zero-order chi connectivity index (χ0) is 16.4. The normalized spacial score (nSPS) is 22.3. The number of ether oxygens (including phenoxy) is 1. The van der Waals surface area contributed by atoms with Gasteiger partial charge in [0.05, 0.1) is 5.56 Å². The van der Waals surface area contributed by atoms with Crippen LogP contribution in [0.1, 0.15) is 52.0 Å². The molecule has 2 fully saturated rings. The van der Waals surface area contributed by atoms with Crippen LogP contribution in [0.5, 0.6) is 0 Å². The van der Waals surface area contributed by atoms with Crippen molar-refractivity contribution in [2.45, 2.75) is 38.6 Å². The maximum atomic E-state index is 12.9. The van der Waals surface area contributed by atoms with Crippen molar-refractivity contribution in [3.8, 4) is 0 Å². The fourth-order valence-corrected chi connectivity index (χ4v) is 3.83. The molecule has 23 heavy (non-hydrogen) atoms. The van der Waals surface area contributed by atoms with Crippen LogP contribution in [0.3, 0.4) is 0 Å². The van der Waals surface area contributed by atoms with Gasteiger partial charge in [0.1, 0.15) is 0 Å². The van der Waals surface area contributed by atoms with E-state index in [0.29, 0.717) is 11.5 Å². The second kappa shape index (κ2) is 6.71. The summed E-state index contributed by atoms with van der Waals surface area (Å²) in [5, 5.41) is 9.20. The maximum absolute atomic E-state index is 12.9. The monoisotopic (exact) mass is 317 g/mol. The summed E-state index contributed by atoms with van der Waals surface area (Å²) in [4.78, 5) is 26.1. The molecule has 1 aromatic rings. The largest absolute Gasteiger partial charge is 0.478 e. The van der Waals surface area contributed by atoms with E-state index >= 15 is 0 Å². The highest BCUT2D eigenvalue weighted by atomic mass is 16.5. The number of hydrogen-bond acceptors (Lipinski definition) is 3. The highest BCUT2D eigenvalue weighted by Crippen LogP contribution is 2.31. The highest BCUT2D eigenvalue weighted by molar-refractivity contribution is 5.98. The molecule has 2 aliphatic rings. The van der Waals surface area contributed by atoms with E-state index in [1.54, 1.807) is 12.1 Å². The van der Waals surface area contributed by atoms with E-state index in [9.17, 15) is 14.7 Å². The summed E-state index contributed by atoms with van der Waals surface area (Å²) in [7, 11) is 0. The molecule has 0 aliphatic carbocycles. The van der Waals surface area contributed by atoms with E-state index in [4.69, 9.17) is 4.74 Å². The number of nitrogens with zero attached hydrogens (tertiary/aromatic N) is 1. The Labute approximate surface area is 136 Å². The number of hydrogen-bond donors (Lipinski definition) is 1. The summed E-state index contributed by atoms with van der Waals surface area (Å²) in [6, 6.07) is 5.14. The lowest BCUT2D eigenvalue weighted by molar-refractivity contribution is 0.0322. The Morgan fingerprint density at radius 3 is 2.52 bits per heavy atom. The summed E-state index contributed by atoms with van der Waals surface area (Å²) in [6.45, 7) is 4.13. The molecule has 5 heteroatoms. The van der Waals surface area contributed by atoms with Gasteiger partial charge in [0.25, 0.3) is 5.91 Å². The summed E-state index contributed by atoms with van der Waals surface area (Å²) in [6.07, 6.45) is 4.06. The Kier molecular flexibility index (Phi) is 4.66. The lowest BCUT2D eigenvalue weighted by Crippen LogP contribution is -2.42. The number of aryl methyl sites for hydroxylation is 1. The molecule has 2 saturated heterocycles. The van der Waals surface area contributed by atoms with Gasteiger partial charge in [-0.1, -0.05) is 0 Å². The van der Waals surface area contributed by atoms with Gasteiger partial charge in [0, 0.05) is 31.4 Å². The first-order chi connectivity index (χ1) is 11.1. The minimum atomic E-state index is -0.995. The second-order valence-corrected chi connectivity index (χ2v) is 6.55. The molecule has 2 heterocycles. The van der Waals surface area contributed by atoms with Crippen LogP contribution < -0.4 is 0 Å². The standard InChI is InChI=1S/C18H23NO4/c1-12-9-14(11-15(10-12)18(21)22)17(20)19-6-2-3-16(19)13-4-7-23-8-5-13/h9-11,13,16H,2-8H2,1H3,(H,21,22). The smallest absolute Gasteiger partial charge is 0.335 e. The van der Waals surface area contributed by atoms with Crippen molar-refractivity contribution in [1.29, 1.82) is 0 Å². The lowest BCUT2D eigenvalue weighted by Gasteiger charge is -2.34. The van der Waals surface area contributed by atoms with Gasteiger partial charge < -0.3 is 14.7 Å². The first kappa shape index (κ1) is 16.0. The van der Waals surface area contributed by atoms with E-state index in [1.165, 1.54) is 6.07 Å². The molecule has 1 unspecified atom stereocenters. The first-order valence-electron chi connectivity index (χ1n) is 8.30. The third-order valence-corrected chi connectivity index (χ3v) is 4.94. The van der Waals surface area contributed by atoms with Gasteiger partial charge in [0.2, 0.25) is 0 Å². The predicted molar refractivity (Wildman–Crippen MR) is 85.7 cm³/mol. The number of carbonyl (C=O) groups excluding carboxylic acids is 1. The molecule has 124 valence electrons. The van der Waals surface area contributed by atoms with E-state index in [2.05, 4.69) is 0 Å². The van der Waals surface area contributed by atoms with E-state index in [-0.39, 0.29) is 17.5 Å². The molecule has 2 aliphatic heterocycles. The number of carboxylic acids is 1. The Morgan fingerprint density at radius 2 is 1.83 bits per heavy atom. The molecule has 0 spiro atoms. The van der Waals surface area contributed by atoms with E-state index in [1.807, 2.05) is 11.8 Å². The zero-order valence-electron chi connectivity index (χ0n) is 13.5. The van der Waals surface area contributed by atoms with Crippen molar-refractivity contribution < 1.29 is 19.4 Å². The van der Waals surface area contributed by atoms with Crippen LogP contribution in [0.15, 0.2) is 18.2 Å². The van der Waals surface area contributed by atoms with Gasteiger partial charge in [-0.05, 0) is 62.3 Å². The van der Waals surface area contributed by atoms with Gasteiger partial charge in [-0.2, -0.15) is 0 Å². The number of carbonyl (C=O) groups is 2. The van der Waals surface area contributed by atoms with Gasteiger partial charge in [-0.25, -0.2) is 4.79 Å². The number of rotatable bonds is 3. The highest BCUT2D eigenvalue weighted by Gasteiger charge is 2.35. The quantitative estimate of drug-likeness (QED) is 0.931. The molecule has 1 aromatic carbocycles. The third kappa shape index (κ3) is 3.39. The molecule has 1 N–H and O–H groups in total. The number of benzene rings is 1. The van der Waals surface area contributed by atoms with Gasteiger partial charge in [0.15, 0.2) is 0 Å². The summed E-state index contributed by atoms with van der Waals surface area (Å²) >= 11 is 0. The average Bonchev–Trinajstić information content (AvgIpc) is 3.04. The topological polar surface area (TPSA) is 66.8 Å². The van der Waals surface area contributed by atoms with Gasteiger partial charge in [-0.3, -0.25) is 4.79 Å². The fraction of sp³-hybridized carbons (Fsp3) is 0.556. The Morgan fingerprint density at radius 1 is 1.13 bits per heavy atom. The Balaban J connectivity index is 1.82. The molecule has 0 saturated carbocycles. The molecule has 1 atom stereocenters. The first-order valence-corrected chi connectivity index (χ1v) is 8.30. The van der Waals surface area contributed by atoms with Crippen LogP contribution in [-0.4, -0.2) is 47.7 Å². The number of aromatic carboxylic acids is 1. The molecule has 0 radical (unpaired) electrons. The third-order valence-electron chi connectivity index (χ3n) is 4.94. The van der Waals surface area contributed by atoms with Gasteiger partial charge >= 0.3 is 5.97 Å². The SMILES string of the molecule is Cc1cc(C(=O)O)cc(C(=O)N2CCCC2C2CCOCC2)c1. The summed E-state index contributed by atoms with van der Waals surface area (Å²) in [5.41, 5.74) is 1.46. The van der Waals surface area contributed by atoms with Crippen molar-refractivity contribution in [3.63, 3.8) is 0 Å². The molecule has 0 aromatic heterocycles. The molecule has 5 nitrogen and oxygen atoms in total. The number of amides is 1. The number of carboxylic acid groups (broad SMARTS) is 1. The Hall–Kier alpha value is -1.88. The van der Waals surface area contributed by atoms with E-state index in [0.717, 1.165) is 51.0 Å². The summed E-state index contributed by atoms with van der Waals surface area (Å²) < 4.78 is 5.43. The van der Waals surface area contributed by atoms with Crippen molar-refractivity contribution >= 4 is 11.9 Å². The average molecular weight is 317 g/mol. The van der Waals surface area contributed by atoms with Crippen molar-refractivity contribution in [1.82, 2.24) is 4.90 Å². The van der Waals surface area contributed by atoms with Crippen LogP contribution in [0, 0.1) is 12.8 Å². The van der Waals surface area contributed by atoms with Gasteiger partial charge in [-0.15, -0.1) is 0 Å². The fourth-order valence-electron chi connectivity index (χ4n) is 3.83. The maximum Gasteiger partial charge on any atom is 0.335 e. The summed E-state index contributed by atoms with van der Waals surface area (Å²) in [5.74, 6) is -0.533. The van der Waals surface area contributed by atoms with Crippen LogP contribution in [0.25, 0.3) is 0 Å². The predicted octanol–water partition coefficient (Wildman–Crippen LogP) is 2.72. The van der Waals surface area contributed by atoms with Crippen LogP contribution in [-0.2, 0) is 4.74 Å². The van der Waals surface area contributed by atoms with Crippen LogP contribution in [0.4, 0.5) is 0 Å². The lowest BCUT2D eigenvalue weighted by atomic mass is 9.90.